The second kappa shape index (κ2) is 7.94. The van der Waals surface area contributed by atoms with Crippen molar-refractivity contribution in [3.8, 4) is 0 Å². The number of hydrogen-bond acceptors (Lipinski definition) is 2. The topological polar surface area (TPSA) is 40.6 Å². The predicted octanol–water partition coefficient (Wildman–Crippen LogP) is 4.49. The van der Waals surface area contributed by atoms with Crippen LogP contribution in [0.4, 0.5) is 4.39 Å². The van der Waals surface area contributed by atoms with Gasteiger partial charge in [-0.05, 0) is 36.4 Å². The van der Waals surface area contributed by atoms with Gasteiger partial charge in [0.15, 0.2) is 0 Å². The van der Waals surface area contributed by atoms with E-state index in [0.29, 0.717) is 36.8 Å². The molecule has 2 amide bonds. The van der Waals surface area contributed by atoms with Crippen LogP contribution in [0.25, 0.3) is 0 Å². The highest BCUT2D eigenvalue weighted by Crippen LogP contribution is 2.24. The van der Waals surface area contributed by atoms with Gasteiger partial charge in [0.2, 0.25) is 0 Å². The normalized spacial score (nSPS) is 14.5. The molecule has 0 radical (unpaired) electrons. The van der Waals surface area contributed by atoms with Crippen molar-refractivity contribution in [2.24, 2.45) is 0 Å². The van der Waals surface area contributed by atoms with Crippen molar-refractivity contribution >= 4 is 50.9 Å². The number of nitrogens with zero attached hydrogens (tertiary/aromatic N) is 2. The fourth-order valence-electron chi connectivity index (χ4n) is 2.78. The van der Waals surface area contributed by atoms with Crippen LogP contribution in [-0.4, -0.2) is 47.8 Å². The Morgan fingerprint density at radius 3 is 2.00 bits per heavy atom. The van der Waals surface area contributed by atoms with Crippen molar-refractivity contribution in [2.45, 2.75) is 0 Å². The molecule has 0 unspecified atom stereocenters. The van der Waals surface area contributed by atoms with Crippen LogP contribution in [0, 0.1) is 5.82 Å². The summed E-state index contributed by atoms with van der Waals surface area (Å²) < 4.78 is 13.9. The summed E-state index contributed by atoms with van der Waals surface area (Å²) in [4.78, 5) is 28.5. The first kappa shape index (κ1) is 19.1. The monoisotopic (exact) mass is 458 g/mol. The Kier molecular flexibility index (Phi) is 5.85. The molecule has 0 aliphatic carbocycles. The molecule has 1 aliphatic rings. The summed E-state index contributed by atoms with van der Waals surface area (Å²) in [7, 11) is 0. The summed E-state index contributed by atoms with van der Waals surface area (Å²) in [5.41, 5.74) is 0.672. The van der Waals surface area contributed by atoms with Crippen LogP contribution in [0.2, 0.25) is 10.0 Å². The Balaban J connectivity index is 1.68. The lowest BCUT2D eigenvalue weighted by Crippen LogP contribution is -2.50. The van der Waals surface area contributed by atoms with E-state index in [2.05, 4.69) is 15.9 Å². The molecule has 0 saturated carbocycles. The summed E-state index contributed by atoms with van der Waals surface area (Å²) >= 11 is 15.4. The van der Waals surface area contributed by atoms with E-state index in [1.165, 1.54) is 12.1 Å². The Bertz CT molecular complexity index is 870. The Labute approximate surface area is 168 Å². The van der Waals surface area contributed by atoms with Gasteiger partial charge in [-0.25, -0.2) is 4.39 Å². The lowest BCUT2D eigenvalue weighted by atomic mass is 10.1. The minimum atomic E-state index is -0.493. The van der Waals surface area contributed by atoms with Crippen LogP contribution >= 0.6 is 39.1 Å². The van der Waals surface area contributed by atoms with E-state index >= 15 is 0 Å². The largest absolute Gasteiger partial charge is 0.335 e. The van der Waals surface area contributed by atoms with E-state index in [1.807, 2.05) is 0 Å². The van der Waals surface area contributed by atoms with Gasteiger partial charge < -0.3 is 9.80 Å². The Morgan fingerprint density at radius 1 is 0.846 bits per heavy atom. The highest BCUT2D eigenvalue weighted by atomic mass is 79.9. The first-order valence-corrected chi connectivity index (χ1v) is 9.40. The second-order valence-electron chi connectivity index (χ2n) is 5.83. The maximum atomic E-state index is 13.1. The van der Waals surface area contributed by atoms with Crippen LogP contribution in [0.3, 0.4) is 0 Å². The van der Waals surface area contributed by atoms with Crippen molar-refractivity contribution < 1.29 is 14.0 Å². The third kappa shape index (κ3) is 4.03. The van der Waals surface area contributed by atoms with Gasteiger partial charge in [-0.15, -0.1) is 0 Å². The summed E-state index contributed by atoms with van der Waals surface area (Å²) in [6, 6.07) is 8.80. The number of carbonyl (C=O) groups is 2. The number of hydrogen-bond donors (Lipinski definition) is 0. The maximum absolute atomic E-state index is 13.1. The van der Waals surface area contributed by atoms with Gasteiger partial charge >= 0.3 is 0 Å². The van der Waals surface area contributed by atoms with E-state index in [-0.39, 0.29) is 22.4 Å². The van der Waals surface area contributed by atoms with E-state index < -0.39 is 5.82 Å². The van der Waals surface area contributed by atoms with Gasteiger partial charge in [0, 0.05) is 30.7 Å². The molecule has 0 spiro atoms. The third-order valence-corrected chi connectivity index (χ3v) is 5.31. The molecule has 1 saturated heterocycles. The summed E-state index contributed by atoms with van der Waals surface area (Å²) in [5, 5.41) is 0.462. The van der Waals surface area contributed by atoms with E-state index in [9.17, 15) is 14.0 Å². The van der Waals surface area contributed by atoms with Crippen molar-refractivity contribution in [3.05, 3.63) is 67.9 Å². The van der Waals surface area contributed by atoms with Gasteiger partial charge in [0.05, 0.1) is 21.2 Å². The third-order valence-electron chi connectivity index (χ3n) is 4.17. The lowest BCUT2D eigenvalue weighted by molar-refractivity contribution is 0.0535. The number of piperazine rings is 1. The van der Waals surface area contributed by atoms with E-state index in [4.69, 9.17) is 23.2 Å². The fourth-order valence-corrected chi connectivity index (χ4v) is 3.59. The molecule has 136 valence electrons. The molecule has 4 nitrogen and oxygen atoms in total. The molecule has 1 heterocycles. The van der Waals surface area contributed by atoms with Crippen LogP contribution in [0.5, 0.6) is 0 Å². The molecule has 0 atom stereocenters. The average molecular weight is 460 g/mol. The second-order valence-corrected chi connectivity index (χ2v) is 7.56. The van der Waals surface area contributed by atoms with E-state index in [0.717, 1.165) is 10.5 Å². The number of amides is 2. The average Bonchev–Trinajstić information content (AvgIpc) is 2.63. The zero-order valence-corrected chi connectivity index (χ0v) is 16.6. The number of rotatable bonds is 2. The van der Waals surface area contributed by atoms with Crippen molar-refractivity contribution in [1.29, 1.82) is 0 Å². The van der Waals surface area contributed by atoms with Crippen LogP contribution in [0.1, 0.15) is 20.7 Å². The Morgan fingerprint density at radius 2 is 1.42 bits per heavy atom. The van der Waals surface area contributed by atoms with Crippen LogP contribution in [-0.2, 0) is 0 Å². The van der Waals surface area contributed by atoms with Gasteiger partial charge in [0.1, 0.15) is 5.82 Å². The molecule has 0 N–H and O–H groups in total. The molecule has 26 heavy (non-hydrogen) atoms. The number of carbonyl (C=O) groups excluding carboxylic acids is 2. The highest BCUT2D eigenvalue weighted by Gasteiger charge is 2.27. The number of benzene rings is 2. The minimum Gasteiger partial charge on any atom is -0.335 e. The smallest absolute Gasteiger partial charge is 0.255 e. The summed E-state index contributed by atoms with van der Waals surface area (Å²) in [6.07, 6.45) is 0. The zero-order chi connectivity index (χ0) is 18.8. The van der Waals surface area contributed by atoms with Crippen molar-refractivity contribution in [2.75, 3.05) is 26.2 Å². The Hall–Kier alpha value is -1.63. The zero-order valence-electron chi connectivity index (χ0n) is 13.5. The molecular formula is C18H14BrCl2FN2O2. The first-order valence-electron chi connectivity index (χ1n) is 7.85. The van der Waals surface area contributed by atoms with Gasteiger partial charge in [-0.2, -0.15) is 0 Å². The van der Waals surface area contributed by atoms with Crippen molar-refractivity contribution in [1.82, 2.24) is 9.80 Å². The molecule has 0 bridgehead atoms. The molecule has 2 aromatic rings. The molecule has 0 aromatic heterocycles. The molecule has 3 rings (SSSR count). The quantitative estimate of drug-likeness (QED) is 0.663. The fraction of sp³-hybridized carbons (Fsp3) is 0.222. The minimum absolute atomic E-state index is 0.0782. The molecule has 2 aromatic carbocycles. The van der Waals surface area contributed by atoms with Crippen molar-refractivity contribution in [3.63, 3.8) is 0 Å². The van der Waals surface area contributed by atoms with Gasteiger partial charge in [0.25, 0.3) is 11.8 Å². The maximum Gasteiger partial charge on any atom is 0.255 e. The molecular weight excluding hydrogens is 446 g/mol. The molecule has 1 fully saturated rings. The van der Waals surface area contributed by atoms with Crippen LogP contribution < -0.4 is 0 Å². The standard InChI is InChI=1S/C18H14BrCl2FN2O2/c19-11-1-4-15(20)14(9-11)18(26)24-7-5-23(6-8-24)17(25)13-3-2-12(22)10-16(13)21/h1-4,9-10H,5-8H2. The predicted molar refractivity (Wildman–Crippen MR) is 102 cm³/mol. The SMILES string of the molecule is O=C(c1ccc(F)cc1Cl)N1CCN(C(=O)c2cc(Br)ccc2Cl)CC1. The first-order chi connectivity index (χ1) is 12.4. The van der Waals surface area contributed by atoms with E-state index in [1.54, 1.807) is 28.0 Å². The molecule has 1 aliphatic heterocycles. The van der Waals surface area contributed by atoms with Crippen LogP contribution in [0.15, 0.2) is 40.9 Å². The lowest BCUT2D eigenvalue weighted by Gasteiger charge is -2.35. The summed E-state index contributed by atoms with van der Waals surface area (Å²) in [5.74, 6) is -0.946. The van der Waals surface area contributed by atoms with Gasteiger partial charge in [-0.3, -0.25) is 9.59 Å². The van der Waals surface area contributed by atoms with Gasteiger partial charge in [-0.1, -0.05) is 39.1 Å². The highest BCUT2D eigenvalue weighted by molar-refractivity contribution is 9.10. The summed E-state index contributed by atoms with van der Waals surface area (Å²) in [6.45, 7) is 1.49. The number of halogens is 4. The molecule has 8 heteroatoms.